The van der Waals surface area contributed by atoms with E-state index in [1.807, 2.05) is 0 Å². The van der Waals surface area contributed by atoms with E-state index in [9.17, 15) is 4.79 Å². The fraction of sp³-hybridized carbons (Fsp3) is 0.562. The molecule has 1 rings (SSSR count). The standard InChI is InChI=1S/C16H25NO2S/c1-12-4-6-13(7-5-12)16(2,3)9-11-20-10-8-14(17)15(18)19/h4-7,14H,8-11,17H2,1-3H3,(H,18,19). The smallest absolute Gasteiger partial charge is 0.320 e. The van der Waals surface area contributed by atoms with Crippen LogP contribution >= 0.6 is 11.8 Å². The van der Waals surface area contributed by atoms with Crippen LogP contribution in [0.5, 0.6) is 0 Å². The van der Waals surface area contributed by atoms with Crippen molar-refractivity contribution in [2.24, 2.45) is 5.73 Å². The molecule has 0 saturated heterocycles. The van der Waals surface area contributed by atoms with Crippen molar-refractivity contribution in [2.75, 3.05) is 11.5 Å². The number of nitrogens with two attached hydrogens (primary N) is 1. The minimum absolute atomic E-state index is 0.148. The largest absolute Gasteiger partial charge is 0.480 e. The van der Waals surface area contributed by atoms with Crippen molar-refractivity contribution in [3.05, 3.63) is 35.4 Å². The van der Waals surface area contributed by atoms with Crippen LogP contribution in [-0.4, -0.2) is 28.6 Å². The first kappa shape index (κ1) is 17.1. The van der Waals surface area contributed by atoms with E-state index >= 15 is 0 Å². The van der Waals surface area contributed by atoms with Crippen LogP contribution in [0.4, 0.5) is 0 Å². The zero-order valence-electron chi connectivity index (χ0n) is 12.6. The summed E-state index contributed by atoms with van der Waals surface area (Å²) < 4.78 is 0. The molecule has 1 unspecified atom stereocenters. The molecule has 0 aromatic heterocycles. The van der Waals surface area contributed by atoms with Gasteiger partial charge in [-0.2, -0.15) is 11.8 Å². The maximum Gasteiger partial charge on any atom is 0.320 e. The zero-order chi connectivity index (χ0) is 15.2. The average Bonchev–Trinajstić information content (AvgIpc) is 2.38. The van der Waals surface area contributed by atoms with E-state index in [4.69, 9.17) is 10.8 Å². The number of hydrogen-bond donors (Lipinski definition) is 2. The van der Waals surface area contributed by atoms with E-state index in [-0.39, 0.29) is 5.41 Å². The van der Waals surface area contributed by atoms with Gasteiger partial charge >= 0.3 is 5.97 Å². The zero-order valence-corrected chi connectivity index (χ0v) is 13.4. The molecule has 0 radical (unpaired) electrons. The third-order valence-electron chi connectivity index (χ3n) is 3.59. The van der Waals surface area contributed by atoms with Crippen LogP contribution in [0.2, 0.25) is 0 Å². The van der Waals surface area contributed by atoms with Crippen LogP contribution < -0.4 is 5.73 Å². The van der Waals surface area contributed by atoms with Gasteiger partial charge in [-0.1, -0.05) is 43.7 Å². The van der Waals surface area contributed by atoms with Crippen molar-refractivity contribution < 1.29 is 9.90 Å². The van der Waals surface area contributed by atoms with Gasteiger partial charge in [0.05, 0.1) is 0 Å². The van der Waals surface area contributed by atoms with Crippen molar-refractivity contribution in [3.8, 4) is 0 Å². The summed E-state index contributed by atoms with van der Waals surface area (Å²) in [5, 5.41) is 8.70. The fourth-order valence-electron chi connectivity index (χ4n) is 1.91. The highest BCUT2D eigenvalue weighted by Crippen LogP contribution is 2.28. The predicted octanol–water partition coefficient (Wildman–Crippen LogP) is 3.20. The number of carboxylic acid groups (broad SMARTS) is 1. The molecule has 0 saturated carbocycles. The summed E-state index contributed by atoms with van der Waals surface area (Å²) in [6.07, 6.45) is 1.61. The summed E-state index contributed by atoms with van der Waals surface area (Å²) in [6, 6.07) is 7.96. The normalized spacial score (nSPS) is 13.2. The molecular weight excluding hydrogens is 270 g/mol. The lowest BCUT2D eigenvalue weighted by Crippen LogP contribution is -2.30. The van der Waals surface area contributed by atoms with Crippen molar-refractivity contribution in [1.29, 1.82) is 0 Å². The lowest BCUT2D eigenvalue weighted by Gasteiger charge is -2.25. The molecule has 1 atom stereocenters. The van der Waals surface area contributed by atoms with E-state index < -0.39 is 12.0 Å². The molecule has 0 bridgehead atoms. The van der Waals surface area contributed by atoms with Crippen LogP contribution in [-0.2, 0) is 10.2 Å². The Labute approximate surface area is 125 Å². The van der Waals surface area contributed by atoms with E-state index in [0.717, 1.165) is 17.9 Å². The lowest BCUT2D eigenvalue weighted by molar-refractivity contribution is -0.138. The SMILES string of the molecule is Cc1ccc(C(C)(C)CCSCCC(N)C(=O)O)cc1. The third-order valence-corrected chi connectivity index (χ3v) is 4.61. The maximum absolute atomic E-state index is 10.6. The quantitative estimate of drug-likeness (QED) is 0.723. The number of carboxylic acids is 1. The van der Waals surface area contributed by atoms with Gasteiger partial charge in [0.25, 0.3) is 0 Å². The van der Waals surface area contributed by atoms with Crippen LogP contribution in [0.1, 0.15) is 37.8 Å². The molecule has 4 heteroatoms. The molecule has 112 valence electrons. The van der Waals surface area contributed by atoms with Gasteiger partial charge in [-0.15, -0.1) is 0 Å². The van der Waals surface area contributed by atoms with Crippen molar-refractivity contribution in [1.82, 2.24) is 0 Å². The number of aliphatic carboxylic acids is 1. The Hall–Kier alpha value is -1.00. The summed E-state index contributed by atoms with van der Waals surface area (Å²) >= 11 is 1.78. The molecule has 1 aromatic carbocycles. The molecule has 3 nitrogen and oxygen atoms in total. The third kappa shape index (κ3) is 5.55. The van der Waals surface area contributed by atoms with Gasteiger partial charge in [-0.3, -0.25) is 4.79 Å². The van der Waals surface area contributed by atoms with Crippen molar-refractivity contribution >= 4 is 17.7 Å². The summed E-state index contributed by atoms with van der Waals surface area (Å²) in [5.74, 6) is 0.913. The van der Waals surface area contributed by atoms with Crippen LogP contribution in [0.15, 0.2) is 24.3 Å². The molecule has 0 aliphatic rings. The number of thioether (sulfide) groups is 1. The van der Waals surface area contributed by atoms with Crippen LogP contribution in [0.3, 0.4) is 0 Å². The molecule has 0 heterocycles. The van der Waals surface area contributed by atoms with E-state index in [1.165, 1.54) is 11.1 Å². The first-order valence-corrected chi connectivity index (χ1v) is 8.11. The molecule has 20 heavy (non-hydrogen) atoms. The summed E-state index contributed by atoms with van der Waals surface area (Å²) in [7, 11) is 0. The molecule has 0 amide bonds. The maximum atomic E-state index is 10.6. The highest BCUT2D eigenvalue weighted by atomic mass is 32.2. The molecule has 1 aromatic rings. The summed E-state index contributed by atoms with van der Waals surface area (Å²) in [5.41, 5.74) is 8.26. The fourth-order valence-corrected chi connectivity index (χ4v) is 3.19. The van der Waals surface area contributed by atoms with E-state index in [2.05, 4.69) is 45.0 Å². The average molecular weight is 295 g/mol. The van der Waals surface area contributed by atoms with Crippen LogP contribution in [0.25, 0.3) is 0 Å². The first-order chi connectivity index (χ1) is 9.33. The van der Waals surface area contributed by atoms with E-state index in [0.29, 0.717) is 6.42 Å². The van der Waals surface area contributed by atoms with Crippen LogP contribution in [0, 0.1) is 6.92 Å². The number of carbonyl (C=O) groups is 1. The second kappa shape index (κ2) is 7.70. The number of benzene rings is 1. The first-order valence-electron chi connectivity index (χ1n) is 6.96. The summed E-state index contributed by atoms with van der Waals surface area (Å²) in [6.45, 7) is 6.60. The number of rotatable bonds is 8. The second-order valence-electron chi connectivity index (χ2n) is 5.85. The predicted molar refractivity (Wildman–Crippen MR) is 86.4 cm³/mol. The molecule has 0 spiro atoms. The Morgan fingerprint density at radius 3 is 2.45 bits per heavy atom. The molecule has 3 N–H and O–H groups in total. The lowest BCUT2D eigenvalue weighted by atomic mass is 9.82. The highest BCUT2D eigenvalue weighted by Gasteiger charge is 2.20. The topological polar surface area (TPSA) is 63.3 Å². The minimum Gasteiger partial charge on any atom is -0.480 e. The Kier molecular flexibility index (Phi) is 6.56. The van der Waals surface area contributed by atoms with Gasteiger partial charge in [0.1, 0.15) is 6.04 Å². The molecule has 0 aliphatic carbocycles. The van der Waals surface area contributed by atoms with Gasteiger partial charge in [0.15, 0.2) is 0 Å². The Morgan fingerprint density at radius 2 is 1.90 bits per heavy atom. The Balaban J connectivity index is 2.33. The van der Waals surface area contributed by atoms with Gasteiger partial charge in [-0.05, 0) is 42.2 Å². The summed E-state index contributed by atoms with van der Waals surface area (Å²) in [4.78, 5) is 10.6. The van der Waals surface area contributed by atoms with Gasteiger partial charge in [0.2, 0.25) is 0 Å². The Bertz CT molecular complexity index is 429. The molecule has 0 aliphatic heterocycles. The minimum atomic E-state index is -0.911. The second-order valence-corrected chi connectivity index (χ2v) is 7.07. The monoisotopic (exact) mass is 295 g/mol. The van der Waals surface area contributed by atoms with Gasteiger partial charge in [0, 0.05) is 0 Å². The molecular formula is C16H25NO2S. The van der Waals surface area contributed by atoms with E-state index in [1.54, 1.807) is 11.8 Å². The highest BCUT2D eigenvalue weighted by molar-refractivity contribution is 7.99. The number of hydrogen-bond acceptors (Lipinski definition) is 3. The van der Waals surface area contributed by atoms with Gasteiger partial charge in [-0.25, -0.2) is 0 Å². The van der Waals surface area contributed by atoms with Crippen molar-refractivity contribution in [3.63, 3.8) is 0 Å². The van der Waals surface area contributed by atoms with Crippen molar-refractivity contribution in [2.45, 2.75) is 45.1 Å². The molecule has 0 fully saturated rings. The Morgan fingerprint density at radius 1 is 1.30 bits per heavy atom. The number of aryl methyl sites for hydroxylation is 1. The van der Waals surface area contributed by atoms with Gasteiger partial charge < -0.3 is 10.8 Å².